The largest absolute Gasteiger partial charge is 0.456 e. The summed E-state index contributed by atoms with van der Waals surface area (Å²) in [4.78, 5) is 0. The third-order valence-corrected chi connectivity index (χ3v) is 10.4. The summed E-state index contributed by atoms with van der Waals surface area (Å²) in [6.45, 7) is 4.68. The van der Waals surface area contributed by atoms with E-state index in [1.807, 2.05) is 36.4 Å². The van der Waals surface area contributed by atoms with Gasteiger partial charge in [0.05, 0.1) is 0 Å². The van der Waals surface area contributed by atoms with Crippen molar-refractivity contribution in [2.24, 2.45) is 0 Å². The van der Waals surface area contributed by atoms with Gasteiger partial charge in [-0.05, 0) is 96.6 Å². The summed E-state index contributed by atoms with van der Waals surface area (Å²) >= 11 is 0. The summed E-state index contributed by atoms with van der Waals surface area (Å²) in [7, 11) is 0. The Kier molecular flexibility index (Phi) is 6.80. The highest BCUT2D eigenvalue weighted by atomic mass is 16.3. The first-order valence-electron chi connectivity index (χ1n) is 17.4. The van der Waals surface area contributed by atoms with E-state index in [4.69, 9.17) is 14.2 Å². The number of fused-ring (bicyclic) bond motifs is 7. The number of hydrogen-bond donors (Lipinski definition) is 1. The maximum absolute atomic E-state index is 8.18. The number of benzene rings is 8. The summed E-state index contributed by atoms with van der Waals surface area (Å²) in [6.07, 6.45) is 3.24. The molecule has 0 bridgehead atoms. The fourth-order valence-corrected chi connectivity index (χ4v) is 7.97. The van der Waals surface area contributed by atoms with Crippen molar-refractivity contribution in [2.45, 2.75) is 0 Å². The van der Waals surface area contributed by atoms with Gasteiger partial charge in [-0.15, -0.1) is 0 Å². The fourth-order valence-electron chi connectivity index (χ4n) is 7.97. The monoisotopic (exact) mass is 665 g/mol. The van der Waals surface area contributed by atoms with Gasteiger partial charge in [0.1, 0.15) is 22.3 Å². The van der Waals surface area contributed by atoms with Gasteiger partial charge in [0.15, 0.2) is 0 Å². The zero-order valence-corrected chi connectivity index (χ0v) is 28.2. The van der Waals surface area contributed by atoms with Crippen molar-refractivity contribution in [3.8, 4) is 44.5 Å². The molecule has 10 aromatic rings. The Morgan fingerprint density at radius 3 is 1.75 bits per heavy atom. The molecule has 52 heavy (non-hydrogen) atoms. The van der Waals surface area contributed by atoms with Gasteiger partial charge in [0.25, 0.3) is 0 Å². The summed E-state index contributed by atoms with van der Waals surface area (Å²) < 4.78 is 12.5. The Morgan fingerprint density at radius 1 is 0.423 bits per heavy atom. The molecule has 0 saturated heterocycles. The summed E-state index contributed by atoms with van der Waals surface area (Å²) in [5, 5.41) is 16.7. The topological polar surface area (TPSA) is 50.1 Å². The zero-order chi connectivity index (χ0) is 34.8. The molecule has 2 heterocycles. The van der Waals surface area contributed by atoms with E-state index in [9.17, 15) is 0 Å². The standard InChI is InChI=1S/C49H31NO2/c1-30-36(26-27-50)48(32-22-20-31(21-23-32)37-16-9-17-42-38-12-4-7-19-45(38)52-49(37)42)41-15-3-2-14-40(41)47(30)35-11-8-10-33(28-35)34-24-25-46-43(29-34)39-13-5-6-18-44(39)51-46/h2-29,50H,1H2/b36-26+,50-27?. The third-order valence-electron chi connectivity index (χ3n) is 10.4. The van der Waals surface area contributed by atoms with Crippen LogP contribution in [0.5, 0.6) is 0 Å². The summed E-state index contributed by atoms with van der Waals surface area (Å²) in [5.74, 6) is 0. The van der Waals surface area contributed by atoms with Crippen LogP contribution in [0, 0.1) is 5.41 Å². The lowest BCUT2D eigenvalue weighted by atomic mass is 9.87. The molecule has 3 heteroatoms. The lowest BCUT2D eigenvalue weighted by molar-refractivity contribution is 0.669. The Morgan fingerprint density at radius 2 is 0.981 bits per heavy atom. The van der Waals surface area contributed by atoms with Crippen LogP contribution in [0.4, 0.5) is 0 Å². The van der Waals surface area contributed by atoms with Crippen LogP contribution in [0.3, 0.4) is 0 Å². The van der Waals surface area contributed by atoms with Gasteiger partial charge in [-0.1, -0.05) is 134 Å². The van der Waals surface area contributed by atoms with E-state index in [1.54, 1.807) is 0 Å². The number of hydrogen-bond acceptors (Lipinski definition) is 3. The van der Waals surface area contributed by atoms with Crippen LogP contribution in [0.15, 0.2) is 167 Å². The highest BCUT2D eigenvalue weighted by Crippen LogP contribution is 2.38. The van der Waals surface area contributed by atoms with Crippen molar-refractivity contribution in [2.75, 3.05) is 0 Å². The van der Waals surface area contributed by atoms with Crippen LogP contribution in [0.1, 0.15) is 0 Å². The van der Waals surface area contributed by atoms with Crippen molar-refractivity contribution in [3.63, 3.8) is 0 Å². The molecule has 2 aromatic heterocycles. The molecule has 0 aliphatic heterocycles. The highest BCUT2D eigenvalue weighted by Gasteiger charge is 2.17. The Hall–Kier alpha value is -6.97. The molecular formula is C49H31NO2. The van der Waals surface area contributed by atoms with Crippen LogP contribution in [0.2, 0.25) is 0 Å². The van der Waals surface area contributed by atoms with Crippen LogP contribution in [-0.4, -0.2) is 6.21 Å². The normalized spacial score (nSPS) is 12.1. The molecule has 0 aliphatic rings. The van der Waals surface area contributed by atoms with Gasteiger partial charge >= 0.3 is 0 Å². The van der Waals surface area contributed by atoms with Crippen molar-refractivity contribution >= 4 is 73.5 Å². The van der Waals surface area contributed by atoms with Gasteiger partial charge in [0, 0.05) is 33.3 Å². The molecule has 0 saturated carbocycles. The fraction of sp³-hybridized carbons (Fsp3) is 0. The van der Waals surface area contributed by atoms with Crippen molar-refractivity contribution in [1.82, 2.24) is 0 Å². The first kappa shape index (κ1) is 29.9. The minimum Gasteiger partial charge on any atom is -0.456 e. The molecule has 0 radical (unpaired) electrons. The Labute approximate surface area is 299 Å². The SMILES string of the molecule is C=c1c(-c2cccc(-c3ccc4oc5ccccc5c4c3)c2)c2ccccc2c(-c2ccc(-c3cccc4c3oc3ccccc34)cc2)/c1=C/C=N. The minimum absolute atomic E-state index is 0.883. The minimum atomic E-state index is 0.883. The lowest BCUT2D eigenvalue weighted by Crippen LogP contribution is -2.28. The number of furan rings is 2. The van der Waals surface area contributed by atoms with E-state index in [1.165, 1.54) is 6.21 Å². The average Bonchev–Trinajstić information content (AvgIpc) is 3.77. The molecule has 244 valence electrons. The summed E-state index contributed by atoms with van der Waals surface area (Å²) in [6, 6.07) is 55.0. The van der Waals surface area contributed by atoms with Crippen LogP contribution in [-0.2, 0) is 0 Å². The molecule has 1 N–H and O–H groups in total. The van der Waals surface area contributed by atoms with Gasteiger partial charge in [-0.2, -0.15) is 0 Å². The first-order chi connectivity index (χ1) is 25.7. The van der Waals surface area contributed by atoms with Gasteiger partial charge in [-0.25, -0.2) is 0 Å². The first-order valence-corrected chi connectivity index (χ1v) is 17.4. The van der Waals surface area contributed by atoms with Crippen molar-refractivity contribution in [3.05, 3.63) is 168 Å². The lowest BCUT2D eigenvalue weighted by Gasteiger charge is -2.16. The second-order valence-corrected chi connectivity index (χ2v) is 13.3. The second-order valence-electron chi connectivity index (χ2n) is 13.3. The van der Waals surface area contributed by atoms with Gasteiger partial charge < -0.3 is 14.2 Å². The molecular weight excluding hydrogens is 635 g/mol. The predicted molar refractivity (Wildman–Crippen MR) is 218 cm³/mol. The smallest absolute Gasteiger partial charge is 0.143 e. The van der Waals surface area contributed by atoms with E-state index in [-0.39, 0.29) is 0 Å². The molecule has 0 fully saturated rings. The van der Waals surface area contributed by atoms with E-state index in [0.29, 0.717) is 0 Å². The molecule has 3 nitrogen and oxygen atoms in total. The highest BCUT2D eigenvalue weighted by molar-refractivity contribution is 6.11. The third kappa shape index (κ3) is 4.64. The van der Waals surface area contributed by atoms with Crippen LogP contribution in [0.25, 0.3) is 112 Å². The molecule has 10 rings (SSSR count). The number of rotatable bonds is 5. The van der Waals surface area contributed by atoms with E-state index in [2.05, 4.69) is 134 Å². The van der Waals surface area contributed by atoms with Crippen molar-refractivity contribution < 1.29 is 8.83 Å². The average molecular weight is 666 g/mol. The van der Waals surface area contributed by atoms with E-state index >= 15 is 0 Å². The number of para-hydroxylation sites is 3. The molecule has 0 atom stereocenters. The maximum Gasteiger partial charge on any atom is 0.143 e. The van der Waals surface area contributed by atoms with Gasteiger partial charge in [0.2, 0.25) is 0 Å². The maximum atomic E-state index is 8.18. The zero-order valence-electron chi connectivity index (χ0n) is 28.2. The van der Waals surface area contributed by atoms with E-state index in [0.717, 1.165) is 110 Å². The van der Waals surface area contributed by atoms with Crippen LogP contribution < -0.4 is 10.4 Å². The molecule has 0 spiro atoms. The molecule has 8 aromatic carbocycles. The molecule has 0 unspecified atom stereocenters. The molecule has 0 aliphatic carbocycles. The van der Waals surface area contributed by atoms with Crippen molar-refractivity contribution in [1.29, 1.82) is 5.41 Å². The Balaban J connectivity index is 1.12. The Bertz CT molecular complexity index is 3160. The quantitative estimate of drug-likeness (QED) is 0.186. The van der Waals surface area contributed by atoms with Crippen LogP contribution >= 0.6 is 0 Å². The second kappa shape index (κ2) is 11.8. The number of nitrogens with one attached hydrogen (secondary N) is 1. The molecule has 0 amide bonds. The van der Waals surface area contributed by atoms with E-state index < -0.39 is 0 Å². The predicted octanol–water partition coefficient (Wildman–Crippen LogP) is 12.1. The van der Waals surface area contributed by atoms with Gasteiger partial charge in [-0.3, -0.25) is 0 Å². The summed E-state index contributed by atoms with van der Waals surface area (Å²) in [5.41, 5.74) is 12.2.